The third kappa shape index (κ3) is 3.05. The Balaban J connectivity index is 1.55. The topological polar surface area (TPSA) is 58.2 Å². The average Bonchev–Trinajstić information content (AvgIpc) is 3.31. The lowest BCUT2D eigenvalue weighted by Crippen LogP contribution is -2.44. The van der Waals surface area contributed by atoms with Gasteiger partial charge in [0.2, 0.25) is 10.0 Å². The van der Waals surface area contributed by atoms with E-state index in [1.165, 1.54) is 5.56 Å². The molecule has 0 saturated heterocycles. The first kappa shape index (κ1) is 14.0. The Hall–Kier alpha value is -0.910. The first-order chi connectivity index (χ1) is 9.52. The molecular weight excluding hydrogens is 272 g/mol. The first-order valence-electron chi connectivity index (χ1n) is 7.34. The van der Waals surface area contributed by atoms with E-state index in [0.717, 1.165) is 25.7 Å². The summed E-state index contributed by atoms with van der Waals surface area (Å²) in [6.07, 6.45) is 3.86. The van der Waals surface area contributed by atoms with Crippen molar-refractivity contribution in [3.63, 3.8) is 0 Å². The van der Waals surface area contributed by atoms with Gasteiger partial charge in [0.25, 0.3) is 0 Å². The highest BCUT2D eigenvalue weighted by molar-refractivity contribution is 7.90. The maximum absolute atomic E-state index is 11.8. The van der Waals surface area contributed by atoms with Crippen LogP contribution in [0.15, 0.2) is 30.3 Å². The summed E-state index contributed by atoms with van der Waals surface area (Å²) in [7, 11) is -3.07. The van der Waals surface area contributed by atoms with Gasteiger partial charge in [-0.15, -0.1) is 0 Å². The van der Waals surface area contributed by atoms with Gasteiger partial charge in [-0.05, 0) is 38.2 Å². The van der Waals surface area contributed by atoms with Crippen LogP contribution in [0.1, 0.15) is 38.2 Å². The zero-order chi connectivity index (χ0) is 14.2. The number of sulfonamides is 1. The molecule has 4 nitrogen and oxygen atoms in total. The molecule has 2 N–H and O–H groups in total. The average molecular weight is 294 g/mol. The molecule has 2 fully saturated rings. The van der Waals surface area contributed by atoms with Crippen LogP contribution < -0.4 is 10.0 Å². The summed E-state index contributed by atoms with van der Waals surface area (Å²) < 4.78 is 26.4. The third-order valence-electron chi connectivity index (χ3n) is 4.15. The monoisotopic (exact) mass is 294 g/mol. The van der Waals surface area contributed by atoms with Gasteiger partial charge in [-0.3, -0.25) is 0 Å². The molecule has 3 rings (SSSR count). The van der Waals surface area contributed by atoms with Crippen molar-refractivity contribution in [1.29, 1.82) is 0 Å². The van der Waals surface area contributed by atoms with Crippen LogP contribution >= 0.6 is 0 Å². The molecule has 0 aromatic heterocycles. The minimum atomic E-state index is -3.07. The van der Waals surface area contributed by atoms with E-state index in [4.69, 9.17) is 0 Å². The van der Waals surface area contributed by atoms with E-state index in [-0.39, 0.29) is 16.8 Å². The maximum Gasteiger partial charge on any atom is 0.214 e. The van der Waals surface area contributed by atoms with Crippen molar-refractivity contribution in [3.05, 3.63) is 35.9 Å². The van der Waals surface area contributed by atoms with E-state index in [1.54, 1.807) is 0 Å². The second kappa shape index (κ2) is 5.13. The number of hydrogen-bond acceptors (Lipinski definition) is 3. The van der Waals surface area contributed by atoms with Gasteiger partial charge in [-0.25, -0.2) is 13.1 Å². The van der Waals surface area contributed by atoms with Crippen LogP contribution in [0, 0.1) is 0 Å². The summed E-state index contributed by atoms with van der Waals surface area (Å²) in [4.78, 5) is 0. The van der Waals surface area contributed by atoms with Crippen molar-refractivity contribution < 1.29 is 8.42 Å². The minimum absolute atomic E-state index is 0.0612. The lowest BCUT2D eigenvalue weighted by atomic mass is 10.0. The molecule has 5 heteroatoms. The first-order valence-corrected chi connectivity index (χ1v) is 8.88. The van der Waals surface area contributed by atoms with E-state index < -0.39 is 10.0 Å². The van der Waals surface area contributed by atoms with Crippen LogP contribution in [0.5, 0.6) is 0 Å². The molecule has 0 heterocycles. The van der Waals surface area contributed by atoms with Gasteiger partial charge in [0, 0.05) is 18.1 Å². The Morgan fingerprint density at radius 2 is 1.90 bits per heavy atom. The van der Waals surface area contributed by atoms with E-state index in [9.17, 15) is 8.42 Å². The summed E-state index contributed by atoms with van der Waals surface area (Å²) in [5.74, 6) is 0. The number of rotatable bonds is 7. The molecule has 0 radical (unpaired) electrons. The molecule has 20 heavy (non-hydrogen) atoms. The Kier molecular flexibility index (Phi) is 3.60. The molecular formula is C15H22N2O2S. The Morgan fingerprint density at radius 1 is 1.25 bits per heavy atom. The predicted molar refractivity (Wildman–Crippen MR) is 79.9 cm³/mol. The number of benzene rings is 1. The van der Waals surface area contributed by atoms with Gasteiger partial charge in [-0.1, -0.05) is 30.3 Å². The highest BCUT2D eigenvalue weighted by atomic mass is 32.2. The lowest BCUT2D eigenvalue weighted by molar-refractivity contribution is 0.434. The minimum Gasteiger partial charge on any atom is -0.304 e. The molecule has 0 amide bonds. The van der Waals surface area contributed by atoms with Crippen molar-refractivity contribution in [2.45, 2.75) is 49.4 Å². The van der Waals surface area contributed by atoms with Crippen LogP contribution in [0.4, 0.5) is 0 Å². The third-order valence-corrected chi connectivity index (χ3v) is 6.07. The smallest absolute Gasteiger partial charge is 0.214 e. The van der Waals surface area contributed by atoms with Crippen LogP contribution in [0.2, 0.25) is 0 Å². The van der Waals surface area contributed by atoms with Gasteiger partial charge in [0.05, 0.1) is 5.25 Å². The fourth-order valence-electron chi connectivity index (χ4n) is 2.66. The number of nitrogens with one attached hydrogen (secondary N) is 2. The Bertz CT molecular complexity index is 563. The fourth-order valence-corrected chi connectivity index (χ4v) is 4.13. The van der Waals surface area contributed by atoms with Crippen molar-refractivity contribution >= 4 is 10.0 Å². The molecule has 1 aromatic carbocycles. The second-order valence-electron chi connectivity index (χ2n) is 6.09. The molecule has 0 bridgehead atoms. The summed E-state index contributed by atoms with van der Waals surface area (Å²) in [5.41, 5.74) is 1.36. The molecule has 2 aliphatic carbocycles. The zero-order valence-electron chi connectivity index (χ0n) is 11.8. The van der Waals surface area contributed by atoms with Crippen LogP contribution in [0.25, 0.3) is 0 Å². The molecule has 2 saturated carbocycles. The maximum atomic E-state index is 11.8. The highest BCUT2D eigenvalue weighted by Crippen LogP contribution is 2.45. The van der Waals surface area contributed by atoms with Gasteiger partial charge in [-0.2, -0.15) is 0 Å². The second-order valence-corrected chi connectivity index (χ2v) is 8.13. The van der Waals surface area contributed by atoms with Crippen LogP contribution in [-0.4, -0.2) is 26.3 Å². The van der Waals surface area contributed by atoms with Gasteiger partial charge in [0.1, 0.15) is 0 Å². The normalized spacial score (nSPS) is 22.4. The van der Waals surface area contributed by atoms with Crippen molar-refractivity contribution in [2.75, 3.05) is 6.54 Å². The molecule has 1 atom stereocenters. The highest BCUT2D eigenvalue weighted by Gasteiger charge is 2.45. The predicted octanol–water partition coefficient (Wildman–Crippen LogP) is 1.74. The Labute approximate surface area is 121 Å². The van der Waals surface area contributed by atoms with Gasteiger partial charge in [0.15, 0.2) is 0 Å². The van der Waals surface area contributed by atoms with Gasteiger partial charge < -0.3 is 5.32 Å². The lowest BCUT2D eigenvalue weighted by Gasteiger charge is -2.23. The summed E-state index contributed by atoms with van der Waals surface area (Å²) in [6.45, 7) is 2.51. The van der Waals surface area contributed by atoms with Crippen molar-refractivity contribution in [2.24, 2.45) is 0 Å². The molecule has 110 valence electrons. The van der Waals surface area contributed by atoms with Gasteiger partial charge >= 0.3 is 0 Å². The fraction of sp³-hybridized carbons (Fsp3) is 0.600. The molecule has 0 spiro atoms. The number of hydrogen-bond donors (Lipinski definition) is 2. The molecule has 2 aliphatic rings. The van der Waals surface area contributed by atoms with E-state index in [2.05, 4.69) is 34.3 Å². The van der Waals surface area contributed by atoms with E-state index in [0.29, 0.717) is 6.54 Å². The quantitative estimate of drug-likeness (QED) is 0.805. The van der Waals surface area contributed by atoms with Crippen molar-refractivity contribution in [3.8, 4) is 0 Å². The largest absolute Gasteiger partial charge is 0.304 e. The van der Waals surface area contributed by atoms with Crippen molar-refractivity contribution in [1.82, 2.24) is 10.0 Å². The summed E-state index contributed by atoms with van der Waals surface area (Å²) in [5, 5.41) is 3.45. The zero-order valence-corrected chi connectivity index (χ0v) is 12.6. The Morgan fingerprint density at radius 3 is 2.45 bits per heavy atom. The summed E-state index contributed by atoms with van der Waals surface area (Å²) >= 11 is 0. The summed E-state index contributed by atoms with van der Waals surface area (Å²) in [6, 6.07) is 10.5. The van der Waals surface area contributed by atoms with Crippen LogP contribution in [0.3, 0.4) is 0 Å². The molecule has 1 aromatic rings. The van der Waals surface area contributed by atoms with E-state index in [1.807, 2.05) is 13.0 Å². The van der Waals surface area contributed by atoms with Crippen LogP contribution in [-0.2, 0) is 15.6 Å². The van der Waals surface area contributed by atoms with E-state index >= 15 is 0 Å². The molecule has 0 aliphatic heterocycles. The SMILES string of the molecule is C[C@H](CNS(=O)(=O)C1CC1)NC1(c2ccccc2)CC1. The molecule has 0 unspecified atom stereocenters. The standard InChI is InChI=1S/C15H22N2O2S/c1-12(11-16-20(18,19)14-7-8-14)17-15(9-10-15)13-5-3-2-4-6-13/h2-6,12,14,16-17H,7-11H2,1H3/t12-/m1/s1.